The number of carbonyl (C=O) groups excluding carboxylic acids is 1. The molecule has 2 aromatic rings. The van der Waals surface area contributed by atoms with Gasteiger partial charge in [0.2, 0.25) is 5.91 Å². The van der Waals surface area contributed by atoms with Crippen LogP contribution in [0.2, 0.25) is 0 Å². The molecule has 0 aliphatic carbocycles. The van der Waals surface area contributed by atoms with Crippen LogP contribution in [0.5, 0.6) is 0 Å². The summed E-state index contributed by atoms with van der Waals surface area (Å²) < 4.78 is 0. The Hall–Kier alpha value is -1.77. The Morgan fingerprint density at radius 1 is 1.35 bits per heavy atom. The van der Waals surface area contributed by atoms with Crippen LogP contribution < -0.4 is 0 Å². The number of hydrogen-bond donors (Lipinski definition) is 1. The molecule has 1 aliphatic rings. The second kappa shape index (κ2) is 3.91. The van der Waals surface area contributed by atoms with Crippen molar-refractivity contribution in [2.75, 3.05) is 13.1 Å². The number of carbonyl (C=O) groups is 1. The zero-order valence-corrected chi connectivity index (χ0v) is 9.94. The Labute approximate surface area is 100 Å². The number of likely N-dealkylation sites (tertiary alicyclic amines) is 1. The van der Waals surface area contributed by atoms with E-state index >= 15 is 0 Å². The lowest BCUT2D eigenvalue weighted by atomic mass is 9.98. The monoisotopic (exact) mass is 228 g/mol. The summed E-state index contributed by atoms with van der Waals surface area (Å²) in [6.07, 6.45) is 3.11. The Morgan fingerprint density at radius 2 is 2.12 bits per heavy atom. The lowest BCUT2D eigenvalue weighted by molar-refractivity contribution is -0.135. The van der Waals surface area contributed by atoms with Crippen LogP contribution in [0.3, 0.4) is 0 Å². The van der Waals surface area contributed by atoms with Crippen LogP contribution in [-0.2, 0) is 4.79 Å². The third kappa shape index (κ3) is 1.62. The molecule has 1 unspecified atom stereocenters. The molecular weight excluding hydrogens is 212 g/mol. The fraction of sp³-hybridized carbons (Fsp3) is 0.357. The summed E-state index contributed by atoms with van der Waals surface area (Å²) >= 11 is 0. The summed E-state index contributed by atoms with van der Waals surface area (Å²) in [5, 5.41) is 1.16. The largest absolute Gasteiger partial charge is 0.361 e. The summed E-state index contributed by atoms with van der Waals surface area (Å²) in [5.41, 5.74) is 2.21. The third-order valence-corrected chi connectivity index (χ3v) is 3.63. The smallest absolute Gasteiger partial charge is 0.229 e. The van der Waals surface area contributed by atoms with Crippen molar-refractivity contribution in [3.05, 3.63) is 36.0 Å². The molecule has 1 atom stereocenters. The highest BCUT2D eigenvalue weighted by Gasteiger charge is 2.27. The molecule has 1 N–H and O–H groups in total. The molecule has 0 radical (unpaired) electrons. The van der Waals surface area contributed by atoms with E-state index in [1.165, 1.54) is 0 Å². The minimum atomic E-state index is -0.0496. The summed E-state index contributed by atoms with van der Waals surface area (Å²) in [5.74, 6) is 0.201. The summed E-state index contributed by atoms with van der Waals surface area (Å²) in [4.78, 5) is 17.3. The molecule has 17 heavy (non-hydrogen) atoms. The van der Waals surface area contributed by atoms with Gasteiger partial charge in [-0.2, -0.15) is 0 Å². The van der Waals surface area contributed by atoms with Crippen molar-refractivity contribution in [3.63, 3.8) is 0 Å². The van der Waals surface area contributed by atoms with E-state index < -0.39 is 0 Å². The maximum absolute atomic E-state index is 12.2. The van der Waals surface area contributed by atoms with Crippen molar-refractivity contribution >= 4 is 16.8 Å². The second-order valence-corrected chi connectivity index (χ2v) is 4.69. The number of nitrogens with zero attached hydrogens (tertiary/aromatic N) is 1. The molecule has 3 rings (SSSR count). The van der Waals surface area contributed by atoms with Gasteiger partial charge in [-0.3, -0.25) is 4.79 Å². The molecule has 1 amide bonds. The highest BCUT2D eigenvalue weighted by molar-refractivity contribution is 5.92. The van der Waals surface area contributed by atoms with Gasteiger partial charge in [0.15, 0.2) is 0 Å². The second-order valence-electron chi connectivity index (χ2n) is 4.69. The number of rotatable bonds is 2. The molecular formula is C14H16N2O. The summed E-state index contributed by atoms with van der Waals surface area (Å²) in [6, 6.07) is 8.13. The molecule has 3 nitrogen and oxygen atoms in total. The van der Waals surface area contributed by atoms with Crippen molar-refractivity contribution in [1.82, 2.24) is 9.88 Å². The SMILES string of the molecule is CC(C(=O)N1CCC1)c1c[nH]c2ccccc12. The van der Waals surface area contributed by atoms with E-state index in [2.05, 4.69) is 11.1 Å². The van der Waals surface area contributed by atoms with Crippen molar-refractivity contribution < 1.29 is 4.79 Å². The number of aromatic amines is 1. The predicted molar refractivity (Wildman–Crippen MR) is 67.9 cm³/mol. The average molecular weight is 228 g/mol. The van der Waals surface area contributed by atoms with Gasteiger partial charge in [0.05, 0.1) is 5.92 Å². The number of aromatic nitrogens is 1. The molecule has 1 saturated heterocycles. The first-order valence-electron chi connectivity index (χ1n) is 6.12. The molecule has 3 heteroatoms. The highest BCUT2D eigenvalue weighted by atomic mass is 16.2. The van der Waals surface area contributed by atoms with Gasteiger partial charge in [-0.15, -0.1) is 0 Å². The first-order valence-corrected chi connectivity index (χ1v) is 6.12. The van der Waals surface area contributed by atoms with Crippen LogP contribution in [0.15, 0.2) is 30.5 Å². The van der Waals surface area contributed by atoms with Gasteiger partial charge in [-0.1, -0.05) is 18.2 Å². The van der Waals surface area contributed by atoms with E-state index in [4.69, 9.17) is 0 Å². The van der Waals surface area contributed by atoms with E-state index in [1.807, 2.05) is 36.2 Å². The van der Waals surface area contributed by atoms with Gasteiger partial charge in [0, 0.05) is 30.2 Å². The lowest BCUT2D eigenvalue weighted by Gasteiger charge is -2.33. The van der Waals surface area contributed by atoms with Crippen LogP contribution in [0.1, 0.15) is 24.8 Å². The maximum Gasteiger partial charge on any atom is 0.229 e. The third-order valence-electron chi connectivity index (χ3n) is 3.63. The van der Waals surface area contributed by atoms with E-state index in [9.17, 15) is 4.79 Å². The number of benzene rings is 1. The van der Waals surface area contributed by atoms with E-state index in [1.54, 1.807) is 0 Å². The van der Waals surface area contributed by atoms with Gasteiger partial charge < -0.3 is 9.88 Å². The Kier molecular flexibility index (Phi) is 2.39. The topological polar surface area (TPSA) is 36.1 Å². The van der Waals surface area contributed by atoms with Gasteiger partial charge in [-0.25, -0.2) is 0 Å². The quantitative estimate of drug-likeness (QED) is 0.842. The van der Waals surface area contributed by atoms with Gasteiger partial charge in [0.25, 0.3) is 0 Å². The van der Waals surface area contributed by atoms with Crippen LogP contribution in [0.4, 0.5) is 0 Å². The van der Waals surface area contributed by atoms with Crippen LogP contribution in [0.25, 0.3) is 10.9 Å². The number of hydrogen-bond acceptors (Lipinski definition) is 1. The van der Waals surface area contributed by atoms with Crippen LogP contribution in [-0.4, -0.2) is 28.9 Å². The molecule has 0 bridgehead atoms. The Bertz CT molecular complexity index is 554. The number of para-hydroxylation sites is 1. The predicted octanol–water partition coefficient (Wildman–Crippen LogP) is 2.50. The molecule has 1 aromatic carbocycles. The molecule has 1 aromatic heterocycles. The Balaban J connectivity index is 1.94. The number of fused-ring (bicyclic) bond motifs is 1. The average Bonchev–Trinajstić information content (AvgIpc) is 2.69. The van der Waals surface area contributed by atoms with E-state index in [0.717, 1.165) is 36.0 Å². The minimum absolute atomic E-state index is 0.0496. The van der Waals surface area contributed by atoms with E-state index in [0.29, 0.717) is 0 Å². The van der Waals surface area contributed by atoms with Crippen LogP contribution in [0, 0.1) is 0 Å². The standard InChI is InChI=1S/C14H16N2O/c1-10(14(17)16-7-4-8-16)12-9-15-13-6-3-2-5-11(12)13/h2-3,5-6,9-10,15H,4,7-8H2,1H3. The van der Waals surface area contributed by atoms with Crippen molar-refractivity contribution in [2.45, 2.75) is 19.3 Å². The lowest BCUT2D eigenvalue weighted by Crippen LogP contribution is -2.44. The van der Waals surface area contributed by atoms with Gasteiger partial charge in [0.1, 0.15) is 0 Å². The van der Waals surface area contributed by atoms with E-state index in [-0.39, 0.29) is 11.8 Å². The molecule has 88 valence electrons. The fourth-order valence-corrected chi connectivity index (χ4v) is 2.40. The van der Waals surface area contributed by atoms with Crippen LogP contribution >= 0.6 is 0 Å². The minimum Gasteiger partial charge on any atom is -0.361 e. The van der Waals surface area contributed by atoms with Gasteiger partial charge >= 0.3 is 0 Å². The van der Waals surface area contributed by atoms with Crippen molar-refractivity contribution in [1.29, 1.82) is 0 Å². The zero-order chi connectivity index (χ0) is 11.8. The first kappa shape index (κ1) is 10.4. The summed E-state index contributed by atoms with van der Waals surface area (Å²) in [6.45, 7) is 3.84. The number of nitrogens with one attached hydrogen (secondary N) is 1. The first-order chi connectivity index (χ1) is 8.27. The number of H-pyrrole nitrogens is 1. The summed E-state index contributed by atoms with van der Waals surface area (Å²) in [7, 11) is 0. The fourth-order valence-electron chi connectivity index (χ4n) is 2.40. The zero-order valence-electron chi connectivity index (χ0n) is 9.94. The molecule has 0 spiro atoms. The van der Waals surface area contributed by atoms with Crippen molar-refractivity contribution in [2.24, 2.45) is 0 Å². The molecule has 1 fully saturated rings. The van der Waals surface area contributed by atoms with Gasteiger partial charge in [-0.05, 0) is 25.0 Å². The Morgan fingerprint density at radius 3 is 2.82 bits per heavy atom. The molecule has 1 aliphatic heterocycles. The molecule has 0 saturated carbocycles. The normalized spacial score (nSPS) is 16.9. The highest BCUT2D eigenvalue weighted by Crippen LogP contribution is 2.27. The maximum atomic E-state index is 12.2. The van der Waals surface area contributed by atoms with Crippen molar-refractivity contribution in [3.8, 4) is 0 Å². The molecule has 2 heterocycles. The number of amides is 1.